The molecule has 0 spiro atoms. The van der Waals surface area contributed by atoms with Crippen LogP contribution in [0.25, 0.3) is 0 Å². The molecule has 0 saturated heterocycles. The van der Waals surface area contributed by atoms with Gasteiger partial charge in [-0.2, -0.15) is 0 Å². The highest BCUT2D eigenvalue weighted by molar-refractivity contribution is 6.37. The van der Waals surface area contributed by atoms with Gasteiger partial charge in [-0.3, -0.25) is 0 Å². The third kappa shape index (κ3) is 4.88. The van der Waals surface area contributed by atoms with Crippen LogP contribution in [0.1, 0.15) is 16.8 Å². The van der Waals surface area contributed by atoms with Gasteiger partial charge in [0.1, 0.15) is 0 Å². The Morgan fingerprint density at radius 3 is 2.55 bits per heavy atom. The summed E-state index contributed by atoms with van der Waals surface area (Å²) in [6, 6.07) is 2.08. The number of urea groups is 1. The van der Waals surface area contributed by atoms with Gasteiger partial charge in [0.25, 0.3) is 0 Å². The van der Waals surface area contributed by atoms with Crippen molar-refractivity contribution >= 4 is 40.9 Å². The molecule has 0 aliphatic carbocycles. The van der Waals surface area contributed by atoms with Gasteiger partial charge >= 0.3 is 12.0 Å². The lowest BCUT2D eigenvalue weighted by Gasteiger charge is -2.12. The van der Waals surface area contributed by atoms with Gasteiger partial charge in [0, 0.05) is 11.6 Å². The van der Waals surface area contributed by atoms with E-state index in [-0.39, 0.29) is 21.3 Å². The van der Waals surface area contributed by atoms with E-state index in [2.05, 4.69) is 16.0 Å². The van der Waals surface area contributed by atoms with E-state index in [0.717, 1.165) is 13.0 Å². The summed E-state index contributed by atoms with van der Waals surface area (Å²) in [6.07, 6.45) is 0.754. The van der Waals surface area contributed by atoms with Crippen molar-refractivity contribution in [3.63, 3.8) is 0 Å². The van der Waals surface area contributed by atoms with E-state index in [1.807, 2.05) is 7.05 Å². The fourth-order valence-electron chi connectivity index (χ4n) is 1.49. The molecule has 0 aromatic heterocycles. The molecule has 0 heterocycles. The largest absolute Gasteiger partial charge is 0.478 e. The number of rotatable bonds is 6. The number of benzene rings is 1. The van der Waals surface area contributed by atoms with Gasteiger partial charge in [0.2, 0.25) is 0 Å². The Morgan fingerprint density at radius 1 is 1.25 bits per heavy atom. The van der Waals surface area contributed by atoms with Crippen LogP contribution in [-0.4, -0.2) is 37.2 Å². The predicted molar refractivity (Wildman–Crippen MR) is 79.0 cm³/mol. The monoisotopic (exact) mass is 319 g/mol. The molecule has 110 valence electrons. The predicted octanol–water partition coefficient (Wildman–Crippen LogP) is 2.42. The molecule has 0 fully saturated rings. The van der Waals surface area contributed by atoms with Gasteiger partial charge < -0.3 is 21.1 Å². The van der Waals surface area contributed by atoms with E-state index in [1.165, 1.54) is 12.1 Å². The maximum absolute atomic E-state index is 11.7. The summed E-state index contributed by atoms with van der Waals surface area (Å²) in [4.78, 5) is 22.8. The minimum absolute atomic E-state index is 0.0229. The SMILES string of the molecule is CNCCCNC(=O)Nc1c(Cl)cc(Cl)cc1C(=O)O. The molecule has 0 aliphatic rings. The fourth-order valence-corrected chi connectivity index (χ4v) is 2.03. The van der Waals surface area contributed by atoms with Crippen molar-refractivity contribution in [2.45, 2.75) is 6.42 Å². The first-order chi connectivity index (χ1) is 9.45. The standard InChI is InChI=1S/C12H15Cl2N3O3/c1-15-3-2-4-16-12(20)17-10-8(11(18)19)5-7(13)6-9(10)14/h5-6,15H,2-4H2,1H3,(H,18,19)(H2,16,17,20). The number of carbonyl (C=O) groups is 2. The van der Waals surface area contributed by atoms with E-state index in [4.69, 9.17) is 28.3 Å². The van der Waals surface area contributed by atoms with Crippen molar-refractivity contribution in [3.8, 4) is 0 Å². The van der Waals surface area contributed by atoms with Crippen LogP contribution in [0.15, 0.2) is 12.1 Å². The second-order valence-corrected chi connectivity index (χ2v) is 4.80. The third-order valence-corrected chi connectivity index (χ3v) is 2.93. The lowest BCUT2D eigenvalue weighted by Crippen LogP contribution is -2.31. The fraction of sp³-hybridized carbons (Fsp3) is 0.333. The zero-order chi connectivity index (χ0) is 15.1. The van der Waals surface area contributed by atoms with Gasteiger partial charge in [-0.1, -0.05) is 23.2 Å². The van der Waals surface area contributed by atoms with Gasteiger partial charge in [0.05, 0.1) is 16.3 Å². The van der Waals surface area contributed by atoms with Gasteiger partial charge in [-0.05, 0) is 32.1 Å². The number of carboxylic acids is 1. The molecule has 0 aliphatic heterocycles. The Labute approximate surface area is 126 Å². The van der Waals surface area contributed by atoms with Crippen LogP contribution in [0.2, 0.25) is 10.0 Å². The molecule has 8 heteroatoms. The van der Waals surface area contributed by atoms with Crippen LogP contribution in [0.5, 0.6) is 0 Å². The Bertz CT molecular complexity index is 509. The van der Waals surface area contributed by atoms with Crippen LogP contribution < -0.4 is 16.0 Å². The molecular formula is C12H15Cl2N3O3. The number of aromatic carboxylic acids is 1. The van der Waals surface area contributed by atoms with Crippen LogP contribution in [0, 0.1) is 0 Å². The number of anilines is 1. The number of carboxylic acid groups (broad SMARTS) is 1. The Kier molecular flexibility index (Phi) is 6.57. The second-order valence-electron chi connectivity index (χ2n) is 3.95. The molecule has 0 bridgehead atoms. The molecule has 1 aromatic rings. The molecule has 20 heavy (non-hydrogen) atoms. The van der Waals surface area contributed by atoms with Crippen LogP contribution >= 0.6 is 23.2 Å². The number of carbonyl (C=O) groups excluding carboxylic acids is 1. The minimum atomic E-state index is -1.22. The van der Waals surface area contributed by atoms with E-state index in [9.17, 15) is 9.59 Å². The van der Waals surface area contributed by atoms with Crippen molar-refractivity contribution in [3.05, 3.63) is 27.7 Å². The summed E-state index contributed by atoms with van der Waals surface area (Å²) in [5, 5.41) is 17.3. The van der Waals surface area contributed by atoms with E-state index >= 15 is 0 Å². The lowest BCUT2D eigenvalue weighted by atomic mass is 10.2. The summed E-state index contributed by atoms with van der Waals surface area (Å²) in [5.41, 5.74) is -0.137. The molecule has 0 saturated carbocycles. The number of halogens is 2. The van der Waals surface area contributed by atoms with Crippen LogP contribution in [0.4, 0.5) is 10.5 Å². The molecule has 0 radical (unpaired) electrons. The van der Waals surface area contributed by atoms with Gasteiger partial charge in [-0.15, -0.1) is 0 Å². The third-order valence-electron chi connectivity index (χ3n) is 2.41. The number of nitrogens with one attached hydrogen (secondary N) is 3. The van der Waals surface area contributed by atoms with Gasteiger partial charge in [0.15, 0.2) is 0 Å². The molecule has 1 rings (SSSR count). The van der Waals surface area contributed by atoms with E-state index in [0.29, 0.717) is 6.54 Å². The Hall–Kier alpha value is -1.50. The highest BCUT2D eigenvalue weighted by Crippen LogP contribution is 2.30. The molecule has 6 nitrogen and oxygen atoms in total. The zero-order valence-electron chi connectivity index (χ0n) is 10.8. The van der Waals surface area contributed by atoms with Crippen LogP contribution in [0.3, 0.4) is 0 Å². The highest BCUT2D eigenvalue weighted by Gasteiger charge is 2.17. The molecular weight excluding hydrogens is 305 g/mol. The Balaban J connectivity index is 2.76. The molecule has 2 amide bonds. The van der Waals surface area contributed by atoms with E-state index < -0.39 is 12.0 Å². The first-order valence-corrected chi connectivity index (χ1v) is 6.63. The molecule has 0 unspecified atom stereocenters. The minimum Gasteiger partial charge on any atom is -0.478 e. The topological polar surface area (TPSA) is 90.5 Å². The summed E-state index contributed by atoms with van der Waals surface area (Å²) in [5.74, 6) is -1.22. The van der Waals surface area contributed by atoms with E-state index in [1.54, 1.807) is 0 Å². The summed E-state index contributed by atoms with van der Waals surface area (Å²) >= 11 is 11.6. The normalized spacial score (nSPS) is 10.2. The van der Waals surface area contributed by atoms with Crippen molar-refractivity contribution in [2.24, 2.45) is 0 Å². The zero-order valence-corrected chi connectivity index (χ0v) is 12.3. The Morgan fingerprint density at radius 2 is 1.95 bits per heavy atom. The second kappa shape index (κ2) is 7.94. The van der Waals surface area contributed by atoms with Crippen molar-refractivity contribution < 1.29 is 14.7 Å². The lowest BCUT2D eigenvalue weighted by molar-refractivity contribution is 0.0698. The first kappa shape index (κ1) is 16.6. The number of hydrogen-bond acceptors (Lipinski definition) is 3. The van der Waals surface area contributed by atoms with Gasteiger partial charge in [-0.25, -0.2) is 9.59 Å². The highest BCUT2D eigenvalue weighted by atomic mass is 35.5. The summed E-state index contributed by atoms with van der Waals surface area (Å²) in [6.45, 7) is 1.22. The van der Waals surface area contributed by atoms with Crippen molar-refractivity contribution in [1.29, 1.82) is 0 Å². The smallest absolute Gasteiger partial charge is 0.337 e. The maximum atomic E-state index is 11.7. The summed E-state index contributed by atoms with van der Waals surface area (Å²) in [7, 11) is 1.81. The maximum Gasteiger partial charge on any atom is 0.337 e. The van der Waals surface area contributed by atoms with Crippen molar-refractivity contribution in [2.75, 3.05) is 25.5 Å². The molecule has 1 aromatic carbocycles. The summed E-state index contributed by atoms with van der Waals surface area (Å²) < 4.78 is 0. The van der Waals surface area contributed by atoms with Crippen molar-refractivity contribution in [1.82, 2.24) is 10.6 Å². The molecule has 0 atom stereocenters. The average molecular weight is 320 g/mol. The quantitative estimate of drug-likeness (QED) is 0.606. The average Bonchev–Trinajstić information content (AvgIpc) is 2.37. The molecule has 4 N–H and O–H groups in total. The number of amides is 2. The first-order valence-electron chi connectivity index (χ1n) is 5.87. The van der Waals surface area contributed by atoms with Crippen LogP contribution in [-0.2, 0) is 0 Å². The number of hydrogen-bond donors (Lipinski definition) is 4.